The van der Waals surface area contributed by atoms with Gasteiger partial charge in [0.05, 0.1) is 25.3 Å². The minimum Gasteiger partial charge on any atom is -0.376 e. The third-order valence-electron chi connectivity index (χ3n) is 6.49. The number of carbonyl (C=O) groups is 1. The maximum absolute atomic E-state index is 12.9. The lowest BCUT2D eigenvalue weighted by Crippen LogP contribution is -2.59. The first-order valence-electron chi connectivity index (χ1n) is 11.4. The third-order valence-corrected chi connectivity index (χ3v) is 6.94. The molecular formula is C24H39N3O2S. The van der Waals surface area contributed by atoms with Gasteiger partial charge in [0.2, 0.25) is 5.91 Å². The predicted octanol–water partition coefficient (Wildman–Crippen LogP) is 3.56. The van der Waals surface area contributed by atoms with E-state index in [9.17, 15) is 4.79 Å². The molecule has 30 heavy (non-hydrogen) atoms. The lowest BCUT2D eigenvalue weighted by Gasteiger charge is -2.43. The monoisotopic (exact) mass is 433 g/mol. The summed E-state index contributed by atoms with van der Waals surface area (Å²) in [6, 6.07) is 11.3. The van der Waals surface area contributed by atoms with Gasteiger partial charge in [-0.15, -0.1) is 11.8 Å². The number of amides is 1. The van der Waals surface area contributed by atoms with Crippen LogP contribution in [0, 0.1) is 0 Å². The van der Waals surface area contributed by atoms with Crippen LogP contribution >= 0.6 is 11.8 Å². The largest absolute Gasteiger partial charge is 0.376 e. The van der Waals surface area contributed by atoms with E-state index in [1.54, 1.807) is 11.8 Å². The summed E-state index contributed by atoms with van der Waals surface area (Å²) in [7, 11) is 3.92. The average molecular weight is 434 g/mol. The fourth-order valence-corrected chi connectivity index (χ4v) is 5.27. The van der Waals surface area contributed by atoms with Crippen LogP contribution in [0.3, 0.4) is 0 Å². The number of likely N-dealkylation sites (tertiary alicyclic amines) is 1. The Morgan fingerprint density at radius 1 is 1.17 bits per heavy atom. The zero-order chi connectivity index (χ0) is 21.3. The highest BCUT2D eigenvalue weighted by Gasteiger charge is 2.35. The molecule has 0 bridgehead atoms. The van der Waals surface area contributed by atoms with Crippen LogP contribution in [-0.2, 0) is 9.53 Å². The topological polar surface area (TPSA) is 44.8 Å². The maximum Gasteiger partial charge on any atom is 0.237 e. The first kappa shape index (κ1) is 23.6. The molecule has 5 nitrogen and oxygen atoms in total. The van der Waals surface area contributed by atoms with Crippen LogP contribution in [-0.4, -0.2) is 79.8 Å². The number of hydrogen-bond donors (Lipinski definition) is 1. The van der Waals surface area contributed by atoms with Crippen LogP contribution in [0.2, 0.25) is 0 Å². The molecule has 1 amide bonds. The molecule has 1 N–H and O–H groups in total. The summed E-state index contributed by atoms with van der Waals surface area (Å²) in [6.45, 7) is 1.96. The van der Waals surface area contributed by atoms with Gasteiger partial charge in [0.1, 0.15) is 0 Å². The number of ether oxygens (including phenoxy) is 1. The van der Waals surface area contributed by atoms with E-state index < -0.39 is 0 Å². The number of benzene rings is 1. The first-order chi connectivity index (χ1) is 14.6. The molecule has 3 rings (SSSR count). The summed E-state index contributed by atoms with van der Waals surface area (Å²) in [5, 5.41) is 3.65. The van der Waals surface area contributed by atoms with Crippen molar-refractivity contribution in [3.05, 3.63) is 35.9 Å². The average Bonchev–Trinajstić information content (AvgIpc) is 2.77. The van der Waals surface area contributed by atoms with Crippen LogP contribution in [0.5, 0.6) is 0 Å². The number of piperidine rings is 1. The van der Waals surface area contributed by atoms with E-state index >= 15 is 0 Å². The number of hydrogen-bond acceptors (Lipinski definition) is 5. The molecule has 168 valence electrons. The van der Waals surface area contributed by atoms with Crippen molar-refractivity contribution >= 4 is 17.7 Å². The number of likely N-dealkylation sites (N-methyl/N-ethyl adjacent to an activating group) is 1. The van der Waals surface area contributed by atoms with E-state index in [-0.39, 0.29) is 11.9 Å². The van der Waals surface area contributed by atoms with E-state index in [2.05, 4.69) is 46.8 Å². The quantitative estimate of drug-likeness (QED) is 0.603. The van der Waals surface area contributed by atoms with Gasteiger partial charge < -0.3 is 19.9 Å². The van der Waals surface area contributed by atoms with Gasteiger partial charge in [-0.1, -0.05) is 30.3 Å². The molecule has 0 unspecified atom stereocenters. The van der Waals surface area contributed by atoms with Crippen LogP contribution in [0.1, 0.15) is 50.0 Å². The highest BCUT2D eigenvalue weighted by Crippen LogP contribution is 2.34. The number of carbonyl (C=O) groups excluding carboxylic acids is 1. The molecule has 2 fully saturated rings. The van der Waals surface area contributed by atoms with Crippen LogP contribution in [0.15, 0.2) is 30.3 Å². The van der Waals surface area contributed by atoms with Gasteiger partial charge in [-0.25, -0.2) is 0 Å². The summed E-state index contributed by atoms with van der Waals surface area (Å²) in [5.41, 5.74) is 1.46. The predicted molar refractivity (Wildman–Crippen MR) is 126 cm³/mol. The highest BCUT2D eigenvalue weighted by molar-refractivity contribution is 7.98. The normalized spacial score (nSPS) is 27.4. The van der Waals surface area contributed by atoms with Crippen molar-refractivity contribution in [2.45, 2.75) is 62.6 Å². The number of rotatable bonds is 9. The Kier molecular flexibility index (Phi) is 9.50. The van der Waals surface area contributed by atoms with E-state index in [1.807, 2.05) is 19.0 Å². The van der Waals surface area contributed by atoms with Crippen molar-refractivity contribution in [1.29, 1.82) is 0 Å². The van der Waals surface area contributed by atoms with Gasteiger partial charge in [0.15, 0.2) is 0 Å². The number of nitrogens with zero attached hydrogens (tertiary/aromatic N) is 2. The fraction of sp³-hybridized carbons (Fsp3) is 0.708. The Morgan fingerprint density at radius 2 is 1.90 bits per heavy atom. The first-order valence-corrected chi connectivity index (χ1v) is 12.8. The van der Waals surface area contributed by atoms with Gasteiger partial charge in [-0.3, -0.25) is 4.79 Å². The lowest BCUT2D eigenvalue weighted by molar-refractivity contribution is -0.139. The third kappa shape index (κ3) is 6.71. The van der Waals surface area contributed by atoms with E-state index in [1.165, 1.54) is 18.4 Å². The summed E-state index contributed by atoms with van der Waals surface area (Å²) < 4.78 is 6.45. The standard InChI is InChI=1S/C24H39N3O2S/c1-26(2)16-24(28)27-15-7-10-22(25-18-30-3)23(27)17-29-21-13-11-20(12-14-21)19-8-5-4-6-9-19/h4-6,8-9,20-23,25H,7,10-18H2,1-3H3/t20?,21?,22-,23-/m0/s1. The van der Waals surface area contributed by atoms with E-state index in [4.69, 9.17) is 4.74 Å². The minimum absolute atomic E-state index is 0.130. The highest BCUT2D eigenvalue weighted by atomic mass is 32.2. The molecule has 1 aliphatic heterocycles. The molecule has 0 spiro atoms. The second-order valence-corrected chi connectivity index (χ2v) is 9.86. The molecule has 1 saturated carbocycles. The van der Waals surface area contributed by atoms with Gasteiger partial charge in [-0.05, 0) is 70.4 Å². The molecule has 1 aromatic carbocycles. The Labute approximate surface area is 186 Å². The van der Waals surface area contributed by atoms with Crippen molar-refractivity contribution in [1.82, 2.24) is 15.1 Å². The van der Waals surface area contributed by atoms with Crippen LogP contribution < -0.4 is 5.32 Å². The molecule has 1 aliphatic carbocycles. The Morgan fingerprint density at radius 3 is 2.57 bits per heavy atom. The molecule has 0 aromatic heterocycles. The van der Waals surface area contributed by atoms with E-state index in [0.717, 1.165) is 38.1 Å². The Balaban J connectivity index is 1.55. The minimum atomic E-state index is 0.130. The Bertz CT molecular complexity index is 635. The van der Waals surface area contributed by atoms with Crippen molar-refractivity contribution in [2.24, 2.45) is 0 Å². The molecule has 2 aliphatic rings. The van der Waals surface area contributed by atoms with Gasteiger partial charge in [-0.2, -0.15) is 0 Å². The van der Waals surface area contributed by atoms with Gasteiger partial charge in [0.25, 0.3) is 0 Å². The van der Waals surface area contributed by atoms with Crippen molar-refractivity contribution in [3.8, 4) is 0 Å². The zero-order valence-corrected chi connectivity index (χ0v) is 19.7. The zero-order valence-electron chi connectivity index (χ0n) is 18.9. The van der Waals surface area contributed by atoms with Crippen molar-refractivity contribution in [3.63, 3.8) is 0 Å². The summed E-state index contributed by atoms with van der Waals surface area (Å²) in [6.07, 6.45) is 9.21. The molecule has 1 saturated heterocycles. The molecule has 1 aromatic rings. The molecule has 1 heterocycles. The summed E-state index contributed by atoms with van der Waals surface area (Å²) in [5.74, 6) is 1.80. The van der Waals surface area contributed by atoms with Crippen LogP contribution in [0.25, 0.3) is 0 Å². The van der Waals surface area contributed by atoms with Gasteiger partial charge in [0, 0.05) is 18.5 Å². The smallest absolute Gasteiger partial charge is 0.237 e. The fourth-order valence-electron chi connectivity index (χ4n) is 4.89. The maximum atomic E-state index is 12.9. The summed E-state index contributed by atoms with van der Waals surface area (Å²) in [4.78, 5) is 16.9. The molecule has 2 atom stereocenters. The van der Waals surface area contributed by atoms with Crippen molar-refractivity contribution in [2.75, 3.05) is 45.9 Å². The van der Waals surface area contributed by atoms with Gasteiger partial charge >= 0.3 is 0 Å². The summed E-state index contributed by atoms with van der Waals surface area (Å²) >= 11 is 1.80. The Hall–Kier alpha value is -1.08. The second-order valence-electron chi connectivity index (χ2n) is 9.00. The molecule has 6 heteroatoms. The van der Waals surface area contributed by atoms with Crippen molar-refractivity contribution < 1.29 is 9.53 Å². The number of thioether (sulfide) groups is 1. The van der Waals surface area contributed by atoms with Crippen LogP contribution in [0.4, 0.5) is 0 Å². The second kappa shape index (κ2) is 12.1. The SMILES string of the molecule is CSCN[C@H]1CCCN(C(=O)CN(C)C)[C@H]1COC1CCC(c2ccccc2)CC1. The molecular weight excluding hydrogens is 394 g/mol. The lowest BCUT2D eigenvalue weighted by atomic mass is 9.83. The molecule has 0 radical (unpaired) electrons. The van der Waals surface area contributed by atoms with E-state index in [0.29, 0.717) is 31.2 Å². The number of nitrogens with one attached hydrogen (secondary N) is 1.